The van der Waals surface area contributed by atoms with Crippen LogP contribution in [0.4, 0.5) is 13.2 Å². The number of aromatic nitrogens is 1. The predicted molar refractivity (Wildman–Crippen MR) is 84.9 cm³/mol. The average molecular weight is 362 g/mol. The predicted octanol–water partition coefficient (Wildman–Crippen LogP) is 0.852. The SMILES string of the molecule is CN(C)CCN(CNCc1cc(CNC(=O)C(F)(F)F)ccn1)N=O. The number of carbonyl (C=O) groups excluding carboxylic acids is 1. The van der Waals surface area contributed by atoms with E-state index in [1.165, 1.54) is 17.3 Å². The average Bonchev–Trinajstić information content (AvgIpc) is 2.55. The summed E-state index contributed by atoms with van der Waals surface area (Å²) < 4.78 is 36.4. The van der Waals surface area contributed by atoms with Gasteiger partial charge in [0, 0.05) is 25.8 Å². The lowest BCUT2D eigenvalue weighted by Gasteiger charge is -2.18. The van der Waals surface area contributed by atoms with Crippen LogP contribution in [0.3, 0.4) is 0 Å². The van der Waals surface area contributed by atoms with Gasteiger partial charge in [0.05, 0.1) is 24.2 Å². The van der Waals surface area contributed by atoms with Gasteiger partial charge in [-0.1, -0.05) is 0 Å². The monoisotopic (exact) mass is 362 g/mol. The van der Waals surface area contributed by atoms with Gasteiger partial charge in [-0.2, -0.15) is 13.2 Å². The Morgan fingerprint density at radius 1 is 1.28 bits per heavy atom. The van der Waals surface area contributed by atoms with Gasteiger partial charge in [-0.05, 0) is 31.8 Å². The highest BCUT2D eigenvalue weighted by Crippen LogP contribution is 2.14. The number of carbonyl (C=O) groups is 1. The molecule has 0 spiro atoms. The van der Waals surface area contributed by atoms with Crippen LogP contribution in [0.1, 0.15) is 11.3 Å². The van der Waals surface area contributed by atoms with Crippen LogP contribution in [0, 0.1) is 4.91 Å². The van der Waals surface area contributed by atoms with Crippen LogP contribution in [0.5, 0.6) is 0 Å². The molecule has 0 atom stereocenters. The Labute approximate surface area is 143 Å². The Kier molecular flexibility index (Phi) is 8.22. The molecule has 1 aromatic rings. The van der Waals surface area contributed by atoms with Crippen molar-refractivity contribution in [2.75, 3.05) is 33.9 Å². The molecule has 0 aliphatic rings. The molecule has 2 N–H and O–H groups in total. The molecule has 0 aliphatic heterocycles. The smallest absolute Gasteiger partial charge is 0.344 e. The second-order valence-corrected chi connectivity index (χ2v) is 5.54. The van der Waals surface area contributed by atoms with Crippen molar-refractivity contribution in [1.82, 2.24) is 25.5 Å². The van der Waals surface area contributed by atoms with Crippen molar-refractivity contribution in [2.45, 2.75) is 19.3 Å². The zero-order valence-corrected chi connectivity index (χ0v) is 14.0. The number of alkyl halides is 3. The van der Waals surface area contributed by atoms with E-state index < -0.39 is 12.1 Å². The molecule has 0 saturated heterocycles. The highest BCUT2D eigenvalue weighted by atomic mass is 19.4. The van der Waals surface area contributed by atoms with E-state index in [9.17, 15) is 22.9 Å². The summed E-state index contributed by atoms with van der Waals surface area (Å²) >= 11 is 0. The first-order valence-electron chi connectivity index (χ1n) is 7.45. The molecule has 140 valence electrons. The first-order valence-corrected chi connectivity index (χ1v) is 7.45. The molecule has 0 unspecified atom stereocenters. The molecule has 0 fully saturated rings. The zero-order chi connectivity index (χ0) is 18.9. The molecule has 0 saturated carbocycles. The first-order chi connectivity index (χ1) is 11.7. The fourth-order valence-electron chi connectivity index (χ4n) is 1.79. The Morgan fingerprint density at radius 2 is 2.00 bits per heavy atom. The number of amides is 1. The van der Waals surface area contributed by atoms with Crippen LogP contribution in [0.25, 0.3) is 0 Å². The summed E-state index contributed by atoms with van der Waals surface area (Å²) in [5.74, 6) is -1.99. The molecule has 1 amide bonds. The van der Waals surface area contributed by atoms with Gasteiger partial charge in [0.25, 0.3) is 0 Å². The number of nitroso groups, excluding NO2 is 1. The van der Waals surface area contributed by atoms with E-state index in [-0.39, 0.29) is 13.2 Å². The van der Waals surface area contributed by atoms with E-state index in [1.54, 1.807) is 11.4 Å². The summed E-state index contributed by atoms with van der Waals surface area (Å²) in [6, 6.07) is 3.08. The van der Waals surface area contributed by atoms with Gasteiger partial charge >= 0.3 is 12.1 Å². The molecule has 0 radical (unpaired) electrons. The van der Waals surface area contributed by atoms with Crippen LogP contribution in [-0.4, -0.2) is 60.8 Å². The third-order valence-electron chi connectivity index (χ3n) is 3.11. The van der Waals surface area contributed by atoms with Gasteiger partial charge in [0.1, 0.15) is 0 Å². The lowest BCUT2D eigenvalue weighted by molar-refractivity contribution is -0.173. The molecule has 25 heavy (non-hydrogen) atoms. The fraction of sp³-hybridized carbons (Fsp3) is 0.571. The van der Waals surface area contributed by atoms with Gasteiger partial charge in [-0.15, -0.1) is 4.91 Å². The molecule has 0 aliphatic carbocycles. The number of pyridine rings is 1. The summed E-state index contributed by atoms with van der Waals surface area (Å²) in [5.41, 5.74) is 1.06. The number of hydrogen-bond donors (Lipinski definition) is 2. The quantitative estimate of drug-likeness (QED) is 0.364. The van der Waals surface area contributed by atoms with E-state index in [1.807, 2.05) is 19.0 Å². The van der Waals surface area contributed by atoms with Crippen molar-refractivity contribution < 1.29 is 18.0 Å². The van der Waals surface area contributed by atoms with Crippen LogP contribution >= 0.6 is 0 Å². The van der Waals surface area contributed by atoms with Crippen molar-refractivity contribution in [2.24, 2.45) is 5.29 Å². The Morgan fingerprint density at radius 3 is 2.60 bits per heavy atom. The van der Waals surface area contributed by atoms with Crippen LogP contribution in [0.2, 0.25) is 0 Å². The van der Waals surface area contributed by atoms with Gasteiger partial charge in [0.2, 0.25) is 0 Å². The van der Waals surface area contributed by atoms with Gasteiger partial charge in [0.15, 0.2) is 0 Å². The molecular formula is C14H21F3N6O2. The molecule has 0 aromatic carbocycles. The van der Waals surface area contributed by atoms with E-state index in [2.05, 4.69) is 15.6 Å². The van der Waals surface area contributed by atoms with Gasteiger partial charge < -0.3 is 10.2 Å². The number of likely N-dealkylation sites (N-methyl/N-ethyl adjacent to an activating group) is 1. The number of nitrogens with zero attached hydrogens (tertiary/aromatic N) is 4. The Hall–Kier alpha value is -2.27. The van der Waals surface area contributed by atoms with Gasteiger partial charge in [-0.3, -0.25) is 15.1 Å². The maximum atomic E-state index is 12.1. The molecule has 1 heterocycles. The minimum absolute atomic E-state index is 0.216. The van der Waals surface area contributed by atoms with Crippen molar-refractivity contribution in [3.05, 3.63) is 34.5 Å². The van der Waals surface area contributed by atoms with E-state index in [0.29, 0.717) is 30.9 Å². The van der Waals surface area contributed by atoms with E-state index in [0.717, 1.165) is 0 Å². The van der Waals surface area contributed by atoms with Crippen LogP contribution in [-0.2, 0) is 17.9 Å². The van der Waals surface area contributed by atoms with Crippen molar-refractivity contribution in [3.8, 4) is 0 Å². The maximum Gasteiger partial charge on any atom is 0.471 e. The third-order valence-corrected chi connectivity index (χ3v) is 3.11. The highest BCUT2D eigenvalue weighted by Gasteiger charge is 2.38. The van der Waals surface area contributed by atoms with Crippen LogP contribution in [0.15, 0.2) is 23.6 Å². The molecule has 1 rings (SSSR count). The van der Waals surface area contributed by atoms with E-state index in [4.69, 9.17) is 0 Å². The lowest BCUT2D eigenvalue weighted by atomic mass is 10.2. The summed E-state index contributed by atoms with van der Waals surface area (Å²) in [6.45, 7) is 1.39. The normalized spacial score (nSPS) is 11.4. The number of halogens is 3. The van der Waals surface area contributed by atoms with Crippen molar-refractivity contribution in [3.63, 3.8) is 0 Å². The standard InChI is InChI=1S/C14H21F3N6O2/c1-22(2)5-6-23(21-25)10-18-9-12-7-11(3-4-19-12)8-20-13(24)14(15,16)17/h3-4,7,18H,5-6,8-10H2,1-2H3,(H,20,24). The minimum atomic E-state index is -4.91. The summed E-state index contributed by atoms with van der Waals surface area (Å²) in [5, 5.41) is 8.99. The largest absolute Gasteiger partial charge is 0.471 e. The van der Waals surface area contributed by atoms with Crippen LogP contribution < -0.4 is 10.6 Å². The Balaban J connectivity index is 2.44. The number of rotatable bonds is 10. The van der Waals surface area contributed by atoms with E-state index >= 15 is 0 Å². The second kappa shape index (κ2) is 9.89. The summed E-state index contributed by atoms with van der Waals surface area (Å²) in [4.78, 5) is 27.5. The second-order valence-electron chi connectivity index (χ2n) is 5.54. The lowest BCUT2D eigenvalue weighted by Crippen LogP contribution is -2.36. The Bertz CT molecular complexity index is 568. The summed E-state index contributed by atoms with van der Waals surface area (Å²) in [7, 11) is 3.76. The first kappa shape index (κ1) is 20.8. The van der Waals surface area contributed by atoms with Crippen molar-refractivity contribution in [1.29, 1.82) is 0 Å². The van der Waals surface area contributed by atoms with Gasteiger partial charge in [-0.25, -0.2) is 5.01 Å². The third kappa shape index (κ3) is 8.40. The number of nitrogens with one attached hydrogen (secondary N) is 2. The molecular weight excluding hydrogens is 341 g/mol. The molecule has 11 heteroatoms. The fourth-order valence-corrected chi connectivity index (χ4v) is 1.79. The van der Waals surface area contributed by atoms with Crippen molar-refractivity contribution >= 4 is 5.91 Å². The molecule has 0 bridgehead atoms. The number of hydrogen-bond acceptors (Lipinski definition) is 6. The topological polar surface area (TPSA) is 89.9 Å². The summed E-state index contributed by atoms with van der Waals surface area (Å²) in [6.07, 6.45) is -3.47. The zero-order valence-electron chi connectivity index (χ0n) is 14.0. The maximum absolute atomic E-state index is 12.1. The molecule has 1 aromatic heterocycles. The highest BCUT2D eigenvalue weighted by molar-refractivity contribution is 5.81. The molecule has 8 nitrogen and oxygen atoms in total. The minimum Gasteiger partial charge on any atom is -0.344 e.